The van der Waals surface area contributed by atoms with E-state index in [2.05, 4.69) is 24.0 Å². The van der Waals surface area contributed by atoms with Gasteiger partial charge in [0.05, 0.1) is 0 Å². The molecule has 0 unspecified atom stereocenters. The van der Waals surface area contributed by atoms with Gasteiger partial charge >= 0.3 is 0 Å². The number of nitrogens with zero attached hydrogens (tertiary/aromatic N) is 1. The SMILES string of the molecule is CCN(CCCc1ccccc1N)CC1CC1. The Bertz CT molecular complexity index is 345. The van der Waals surface area contributed by atoms with Gasteiger partial charge in [0.1, 0.15) is 0 Å². The molecule has 17 heavy (non-hydrogen) atoms. The van der Waals surface area contributed by atoms with E-state index in [-0.39, 0.29) is 0 Å². The minimum absolute atomic E-state index is 0.942. The molecule has 94 valence electrons. The third kappa shape index (κ3) is 4.04. The molecule has 0 spiro atoms. The molecule has 0 radical (unpaired) electrons. The molecule has 2 rings (SSSR count). The van der Waals surface area contributed by atoms with Crippen LogP contribution in [-0.4, -0.2) is 24.5 Å². The summed E-state index contributed by atoms with van der Waals surface area (Å²) in [6.07, 6.45) is 5.22. The summed E-state index contributed by atoms with van der Waals surface area (Å²) in [6.45, 7) is 5.96. The van der Waals surface area contributed by atoms with E-state index in [1.54, 1.807) is 0 Å². The van der Waals surface area contributed by atoms with E-state index in [1.807, 2.05) is 12.1 Å². The van der Waals surface area contributed by atoms with E-state index >= 15 is 0 Å². The van der Waals surface area contributed by atoms with E-state index in [0.717, 1.165) is 18.0 Å². The molecule has 2 heteroatoms. The molecule has 1 aromatic rings. The van der Waals surface area contributed by atoms with Crippen LogP contribution >= 0.6 is 0 Å². The molecule has 1 aromatic carbocycles. The maximum absolute atomic E-state index is 5.95. The lowest BCUT2D eigenvalue weighted by Gasteiger charge is -2.20. The third-order valence-corrected chi connectivity index (χ3v) is 3.64. The van der Waals surface area contributed by atoms with Gasteiger partial charge in [0.25, 0.3) is 0 Å². The number of anilines is 1. The van der Waals surface area contributed by atoms with Crippen LogP contribution in [0.25, 0.3) is 0 Å². The number of aryl methyl sites for hydroxylation is 1. The number of nitrogens with two attached hydrogens (primary N) is 1. The molecule has 0 heterocycles. The summed E-state index contributed by atoms with van der Waals surface area (Å²) in [5, 5.41) is 0. The van der Waals surface area contributed by atoms with Crippen LogP contribution in [0.4, 0.5) is 5.69 Å². The highest BCUT2D eigenvalue weighted by Gasteiger charge is 2.23. The maximum atomic E-state index is 5.95. The van der Waals surface area contributed by atoms with Crippen LogP contribution in [0, 0.1) is 5.92 Å². The first-order valence-corrected chi connectivity index (χ1v) is 6.85. The fourth-order valence-corrected chi connectivity index (χ4v) is 2.30. The normalized spacial score (nSPS) is 15.4. The molecule has 0 saturated heterocycles. The molecular weight excluding hydrogens is 208 g/mol. The smallest absolute Gasteiger partial charge is 0.0346 e. The van der Waals surface area contributed by atoms with Gasteiger partial charge in [0.15, 0.2) is 0 Å². The number of rotatable bonds is 7. The summed E-state index contributed by atoms with van der Waals surface area (Å²) in [7, 11) is 0. The molecule has 1 saturated carbocycles. The summed E-state index contributed by atoms with van der Waals surface area (Å²) in [6, 6.07) is 8.22. The van der Waals surface area contributed by atoms with Gasteiger partial charge in [-0.2, -0.15) is 0 Å². The van der Waals surface area contributed by atoms with Gasteiger partial charge in [-0.25, -0.2) is 0 Å². The second kappa shape index (κ2) is 6.06. The topological polar surface area (TPSA) is 29.3 Å². The number of benzene rings is 1. The van der Waals surface area contributed by atoms with Gasteiger partial charge in [-0.3, -0.25) is 0 Å². The lowest BCUT2D eigenvalue weighted by Crippen LogP contribution is -2.27. The fourth-order valence-electron chi connectivity index (χ4n) is 2.30. The fraction of sp³-hybridized carbons (Fsp3) is 0.600. The van der Waals surface area contributed by atoms with Crippen molar-refractivity contribution >= 4 is 5.69 Å². The van der Waals surface area contributed by atoms with Crippen molar-refractivity contribution in [1.29, 1.82) is 0 Å². The molecule has 2 N–H and O–H groups in total. The van der Waals surface area contributed by atoms with Crippen molar-refractivity contribution in [3.63, 3.8) is 0 Å². The Labute approximate surface area is 105 Å². The molecule has 1 fully saturated rings. The quantitative estimate of drug-likeness (QED) is 0.732. The van der Waals surface area contributed by atoms with Gasteiger partial charge in [-0.05, 0) is 56.3 Å². The van der Waals surface area contributed by atoms with Gasteiger partial charge in [0, 0.05) is 12.2 Å². The van der Waals surface area contributed by atoms with E-state index in [4.69, 9.17) is 5.73 Å². The van der Waals surface area contributed by atoms with E-state index < -0.39 is 0 Å². The van der Waals surface area contributed by atoms with Crippen molar-refractivity contribution < 1.29 is 0 Å². The standard InChI is InChI=1S/C15H24N2/c1-2-17(12-13-9-10-13)11-5-7-14-6-3-4-8-15(14)16/h3-4,6,8,13H,2,5,7,9-12,16H2,1H3. The Morgan fingerprint density at radius 3 is 2.71 bits per heavy atom. The predicted molar refractivity (Wildman–Crippen MR) is 74.0 cm³/mol. The first-order chi connectivity index (χ1) is 8.29. The highest BCUT2D eigenvalue weighted by atomic mass is 15.1. The summed E-state index contributed by atoms with van der Waals surface area (Å²) in [5.74, 6) is 0.997. The van der Waals surface area contributed by atoms with Crippen molar-refractivity contribution in [2.45, 2.75) is 32.6 Å². The molecule has 2 nitrogen and oxygen atoms in total. The van der Waals surface area contributed by atoms with Crippen molar-refractivity contribution in [2.75, 3.05) is 25.4 Å². The lowest BCUT2D eigenvalue weighted by molar-refractivity contribution is 0.273. The highest BCUT2D eigenvalue weighted by Crippen LogP contribution is 2.29. The van der Waals surface area contributed by atoms with E-state index in [1.165, 1.54) is 44.5 Å². The Kier molecular flexibility index (Phi) is 4.43. The number of para-hydroxylation sites is 1. The molecule has 0 bridgehead atoms. The first kappa shape index (κ1) is 12.4. The average molecular weight is 232 g/mol. The minimum atomic E-state index is 0.942. The van der Waals surface area contributed by atoms with Gasteiger partial charge in [-0.15, -0.1) is 0 Å². The van der Waals surface area contributed by atoms with Gasteiger partial charge in [0.2, 0.25) is 0 Å². The van der Waals surface area contributed by atoms with Crippen LogP contribution in [0.5, 0.6) is 0 Å². The van der Waals surface area contributed by atoms with Crippen LogP contribution in [0.15, 0.2) is 24.3 Å². The van der Waals surface area contributed by atoms with Gasteiger partial charge in [-0.1, -0.05) is 25.1 Å². The number of hydrogen-bond donors (Lipinski definition) is 1. The van der Waals surface area contributed by atoms with Crippen LogP contribution < -0.4 is 5.73 Å². The largest absolute Gasteiger partial charge is 0.399 e. The molecule has 1 aliphatic rings. The average Bonchev–Trinajstić information content (AvgIpc) is 3.14. The Hall–Kier alpha value is -1.02. The molecular formula is C15H24N2. The zero-order chi connectivity index (χ0) is 12.1. The predicted octanol–water partition coefficient (Wildman–Crippen LogP) is 2.93. The number of nitrogen functional groups attached to an aromatic ring is 1. The summed E-state index contributed by atoms with van der Waals surface area (Å²) < 4.78 is 0. The summed E-state index contributed by atoms with van der Waals surface area (Å²) >= 11 is 0. The van der Waals surface area contributed by atoms with Crippen LogP contribution in [0.2, 0.25) is 0 Å². The van der Waals surface area contributed by atoms with E-state index in [0.29, 0.717) is 0 Å². The van der Waals surface area contributed by atoms with Crippen LogP contribution in [0.3, 0.4) is 0 Å². The third-order valence-electron chi connectivity index (χ3n) is 3.64. The van der Waals surface area contributed by atoms with E-state index in [9.17, 15) is 0 Å². The monoisotopic (exact) mass is 232 g/mol. The minimum Gasteiger partial charge on any atom is -0.399 e. The zero-order valence-corrected chi connectivity index (χ0v) is 10.9. The molecule has 0 aromatic heterocycles. The highest BCUT2D eigenvalue weighted by molar-refractivity contribution is 5.46. The molecule has 1 aliphatic carbocycles. The molecule has 0 atom stereocenters. The van der Waals surface area contributed by atoms with Crippen molar-refractivity contribution in [2.24, 2.45) is 5.92 Å². The first-order valence-electron chi connectivity index (χ1n) is 6.85. The Balaban J connectivity index is 1.72. The summed E-state index contributed by atoms with van der Waals surface area (Å²) in [5.41, 5.74) is 8.19. The molecule has 0 amide bonds. The molecule has 0 aliphatic heterocycles. The zero-order valence-electron chi connectivity index (χ0n) is 10.9. The summed E-state index contributed by atoms with van der Waals surface area (Å²) in [4.78, 5) is 2.58. The second-order valence-electron chi connectivity index (χ2n) is 5.14. The van der Waals surface area contributed by atoms with Crippen LogP contribution in [0.1, 0.15) is 31.7 Å². The Morgan fingerprint density at radius 1 is 1.29 bits per heavy atom. The maximum Gasteiger partial charge on any atom is 0.0346 e. The Morgan fingerprint density at radius 2 is 2.06 bits per heavy atom. The van der Waals surface area contributed by atoms with Crippen molar-refractivity contribution in [3.8, 4) is 0 Å². The lowest BCUT2D eigenvalue weighted by atomic mass is 10.1. The second-order valence-corrected chi connectivity index (χ2v) is 5.14. The van der Waals surface area contributed by atoms with Gasteiger partial charge < -0.3 is 10.6 Å². The van der Waals surface area contributed by atoms with Crippen molar-refractivity contribution in [1.82, 2.24) is 4.90 Å². The van der Waals surface area contributed by atoms with Crippen LogP contribution in [-0.2, 0) is 6.42 Å². The van der Waals surface area contributed by atoms with Crippen molar-refractivity contribution in [3.05, 3.63) is 29.8 Å². The number of hydrogen-bond acceptors (Lipinski definition) is 2.